The molecule has 2 amide bonds. The Bertz CT molecular complexity index is 1260. The van der Waals surface area contributed by atoms with Crippen LogP contribution in [0.4, 0.5) is 15.8 Å². The van der Waals surface area contributed by atoms with E-state index in [4.69, 9.17) is 4.74 Å². The standard InChI is InChI=1S/C26H23FN2O3/c1-25(2,3)29-22-14-9-16(27)15-21(22)26(24(29)31)20-8-6-5-7-19(20)23(30)28(26)17-10-12-18(32-4)13-11-17/h5-15H,1-4H3. The van der Waals surface area contributed by atoms with Crippen LogP contribution in [0.25, 0.3) is 0 Å². The van der Waals surface area contributed by atoms with Gasteiger partial charge in [0.15, 0.2) is 5.54 Å². The van der Waals surface area contributed by atoms with Gasteiger partial charge in [-0.2, -0.15) is 0 Å². The summed E-state index contributed by atoms with van der Waals surface area (Å²) in [5.74, 6) is -0.407. The van der Waals surface area contributed by atoms with Gasteiger partial charge in [-0.25, -0.2) is 4.39 Å². The minimum absolute atomic E-state index is 0.278. The van der Waals surface area contributed by atoms with Crippen molar-refractivity contribution in [1.29, 1.82) is 0 Å². The minimum Gasteiger partial charge on any atom is -0.497 e. The Kier molecular flexibility index (Phi) is 4.21. The first-order chi connectivity index (χ1) is 15.2. The number of ether oxygens (including phenoxy) is 1. The van der Waals surface area contributed by atoms with Crippen LogP contribution in [0.15, 0.2) is 66.7 Å². The molecule has 0 N–H and O–H groups in total. The zero-order chi connectivity index (χ0) is 22.8. The molecule has 32 heavy (non-hydrogen) atoms. The largest absolute Gasteiger partial charge is 0.497 e. The van der Waals surface area contributed by atoms with Crippen LogP contribution in [-0.2, 0) is 10.3 Å². The van der Waals surface area contributed by atoms with Crippen molar-refractivity contribution >= 4 is 23.2 Å². The number of carbonyl (C=O) groups excluding carboxylic acids is 2. The van der Waals surface area contributed by atoms with Gasteiger partial charge >= 0.3 is 0 Å². The molecule has 5 rings (SSSR count). The molecule has 1 spiro atoms. The highest BCUT2D eigenvalue weighted by atomic mass is 19.1. The summed E-state index contributed by atoms with van der Waals surface area (Å²) >= 11 is 0. The first-order valence-electron chi connectivity index (χ1n) is 10.4. The van der Waals surface area contributed by atoms with Crippen molar-refractivity contribution < 1.29 is 18.7 Å². The van der Waals surface area contributed by atoms with E-state index in [9.17, 15) is 14.0 Å². The second-order valence-electron chi connectivity index (χ2n) is 9.07. The average Bonchev–Trinajstić information content (AvgIpc) is 3.18. The van der Waals surface area contributed by atoms with Gasteiger partial charge in [0.1, 0.15) is 11.6 Å². The summed E-state index contributed by atoms with van der Waals surface area (Å²) in [4.78, 5) is 31.3. The van der Waals surface area contributed by atoms with E-state index < -0.39 is 16.9 Å². The zero-order valence-electron chi connectivity index (χ0n) is 18.3. The maximum Gasteiger partial charge on any atom is 0.263 e. The lowest BCUT2D eigenvalue weighted by molar-refractivity contribution is -0.122. The molecule has 0 aliphatic carbocycles. The molecule has 0 bridgehead atoms. The van der Waals surface area contributed by atoms with Crippen LogP contribution in [0.1, 0.15) is 42.3 Å². The van der Waals surface area contributed by atoms with E-state index in [0.29, 0.717) is 33.8 Å². The number of methoxy groups -OCH3 is 1. The number of hydrogen-bond acceptors (Lipinski definition) is 3. The summed E-state index contributed by atoms with van der Waals surface area (Å²) in [7, 11) is 1.56. The number of anilines is 2. The van der Waals surface area contributed by atoms with Gasteiger partial charge < -0.3 is 9.64 Å². The smallest absolute Gasteiger partial charge is 0.263 e. The van der Waals surface area contributed by atoms with E-state index in [1.807, 2.05) is 20.8 Å². The molecule has 6 heteroatoms. The molecule has 0 radical (unpaired) electrons. The Morgan fingerprint density at radius 1 is 0.906 bits per heavy atom. The highest BCUT2D eigenvalue weighted by molar-refractivity contribution is 6.25. The normalized spacial score (nSPS) is 19.5. The van der Waals surface area contributed by atoms with Crippen molar-refractivity contribution in [1.82, 2.24) is 0 Å². The third-order valence-corrected chi connectivity index (χ3v) is 6.19. The van der Waals surface area contributed by atoms with E-state index in [-0.39, 0.29) is 11.8 Å². The molecule has 2 aliphatic heterocycles. The summed E-state index contributed by atoms with van der Waals surface area (Å²) in [6.07, 6.45) is 0. The Labute approximate surface area is 186 Å². The first-order valence-corrected chi connectivity index (χ1v) is 10.4. The van der Waals surface area contributed by atoms with Crippen molar-refractivity contribution in [3.05, 3.63) is 89.2 Å². The molecular formula is C26H23FN2O3. The number of halogens is 1. The van der Waals surface area contributed by atoms with E-state index in [1.165, 1.54) is 17.0 Å². The van der Waals surface area contributed by atoms with Gasteiger partial charge in [0, 0.05) is 27.9 Å². The van der Waals surface area contributed by atoms with Gasteiger partial charge in [-0.15, -0.1) is 0 Å². The summed E-state index contributed by atoms with van der Waals surface area (Å²) in [6, 6.07) is 18.4. The van der Waals surface area contributed by atoms with Gasteiger partial charge in [-0.3, -0.25) is 14.5 Å². The maximum atomic E-state index is 14.6. The van der Waals surface area contributed by atoms with Crippen LogP contribution < -0.4 is 14.5 Å². The third kappa shape index (κ3) is 2.49. The van der Waals surface area contributed by atoms with Crippen LogP contribution >= 0.6 is 0 Å². The lowest BCUT2D eigenvalue weighted by Crippen LogP contribution is -2.56. The molecule has 0 fully saturated rings. The summed E-state index contributed by atoms with van der Waals surface area (Å²) in [5.41, 5.74) is 0.517. The molecule has 162 valence electrons. The quantitative estimate of drug-likeness (QED) is 0.582. The van der Waals surface area contributed by atoms with Gasteiger partial charge in [-0.1, -0.05) is 18.2 Å². The maximum absolute atomic E-state index is 14.6. The second-order valence-corrected chi connectivity index (χ2v) is 9.07. The SMILES string of the molecule is COc1ccc(N2C(=O)c3ccccc3C23C(=O)N(C(C)(C)C)c2ccc(F)cc23)cc1. The van der Waals surface area contributed by atoms with Crippen molar-refractivity contribution in [2.24, 2.45) is 0 Å². The lowest BCUT2D eigenvalue weighted by Gasteiger charge is -2.38. The van der Waals surface area contributed by atoms with Crippen LogP contribution in [-0.4, -0.2) is 24.5 Å². The fraction of sp³-hybridized carbons (Fsp3) is 0.231. The van der Waals surface area contributed by atoms with Gasteiger partial charge in [0.25, 0.3) is 11.8 Å². The minimum atomic E-state index is -1.49. The molecule has 1 unspecified atom stereocenters. The van der Waals surface area contributed by atoms with Gasteiger partial charge in [-0.05, 0) is 69.3 Å². The molecule has 5 nitrogen and oxygen atoms in total. The van der Waals surface area contributed by atoms with Gasteiger partial charge in [0.2, 0.25) is 0 Å². The zero-order valence-corrected chi connectivity index (χ0v) is 18.3. The van der Waals surface area contributed by atoms with Crippen molar-refractivity contribution in [2.45, 2.75) is 31.8 Å². The fourth-order valence-electron chi connectivity index (χ4n) is 4.94. The molecule has 3 aromatic rings. The Hall–Kier alpha value is -3.67. The third-order valence-electron chi connectivity index (χ3n) is 6.19. The van der Waals surface area contributed by atoms with Crippen molar-refractivity contribution in [3.63, 3.8) is 0 Å². The highest BCUT2D eigenvalue weighted by Gasteiger charge is 2.64. The Morgan fingerprint density at radius 2 is 1.59 bits per heavy atom. The topological polar surface area (TPSA) is 49.9 Å². The number of hydrogen-bond donors (Lipinski definition) is 0. The molecule has 2 heterocycles. The highest BCUT2D eigenvalue weighted by Crippen LogP contribution is 2.56. The molecule has 0 aromatic heterocycles. The molecule has 1 atom stereocenters. The average molecular weight is 430 g/mol. The predicted octanol–water partition coefficient (Wildman–Crippen LogP) is 4.88. The van der Waals surface area contributed by atoms with Crippen molar-refractivity contribution in [2.75, 3.05) is 16.9 Å². The fourth-order valence-corrected chi connectivity index (χ4v) is 4.94. The number of carbonyl (C=O) groups is 2. The molecular weight excluding hydrogens is 407 g/mol. The van der Waals surface area contributed by atoms with Gasteiger partial charge in [0.05, 0.1) is 12.8 Å². The van der Waals surface area contributed by atoms with E-state index in [2.05, 4.69) is 0 Å². The summed E-state index contributed by atoms with van der Waals surface area (Å²) < 4.78 is 19.9. The number of rotatable bonds is 2. The first kappa shape index (κ1) is 20.2. The van der Waals surface area contributed by atoms with E-state index in [1.54, 1.807) is 66.6 Å². The Balaban J connectivity index is 1.87. The lowest BCUT2D eigenvalue weighted by atomic mass is 9.83. The van der Waals surface area contributed by atoms with Crippen molar-refractivity contribution in [3.8, 4) is 5.75 Å². The predicted molar refractivity (Wildman–Crippen MR) is 121 cm³/mol. The number of fused-ring (bicyclic) bond motifs is 4. The van der Waals surface area contributed by atoms with Crippen LogP contribution in [0, 0.1) is 5.82 Å². The second kappa shape index (κ2) is 6.66. The molecule has 2 aliphatic rings. The summed E-state index contributed by atoms with van der Waals surface area (Å²) in [5, 5.41) is 0. The molecule has 0 saturated heterocycles. The number of amides is 2. The van der Waals surface area contributed by atoms with Crippen LogP contribution in [0.2, 0.25) is 0 Å². The van der Waals surface area contributed by atoms with Crippen LogP contribution in [0.3, 0.4) is 0 Å². The van der Waals surface area contributed by atoms with E-state index >= 15 is 0 Å². The van der Waals surface area contributed by atoms with Crippen LogP contribution in [0.5, 0.6) is 5.75 Å². The van der Waals surface area contributed by atoms with E-state index in [0.717, 1.165) is 0 Å². The molecule has 0 saturated carbocycles. The Morgan fingerprint density at radius 3 is 2.25 bits per heavy atom. The number of benzene rings is 3. The number of nitrogens with zero attached hydrogens (tertiary/aromatic N) is 2. The monoisotopic (exact) mass is 430 g/mol. The summed E-state index contributed by atoms with van der Waals surface area (Å²) in [6.45, 7) is 5.78. The molecule has 3 aromatic carbocycles.